The molecule has 3 N–H and O–H groups in total. The number of anilines is 1. The standard InChI is InChI=1S/C17H21N3O4/c1-11(2)14-10-15(20-19-14)17(23)18-12-5-7-13(8-6-12)24-9-3-4-16(21)22/h5-8,10-11H,3-4,9H2,1-2H3,(H,18,23)(H,19,20)(H,21,22). The Morgan fingerprint density at radius 2 is 2.00 bits per heavy atom. The molecule has 0 atom stereocenters. The first-order chi connectivity index (χ1) is 11.5. The number of nitrogens with zero attached hydrogens (tertiary/aromatic N) is 1. The molecule has 0 aliphatic heterocycles. The van der Waals surface area contributed by atoms with Crippen LogP contribution in [0.1, 0.15) is 48.8 Å². The summed E-state index contributed by atoms with van der Waals surface area (Å²) in [5.74, 6) is -0.221. The topological polar surface area (TPSA) is 104 Å². The number of aromatic nitrogens is 2. The van der Waals surface area contributed by atoms with Crippen LogP contribution in [0.25, 0.3) is 0 Å². The lowest BCUT2D eigenvalue weighted by Crippen LogP contribution is -2.12. The molecule has 0 unspecified atom stereocenters. The quantitative estimate of drug-likeness (QED) is 0.645. The number of carboxylic acids is 1. The van der Waals surface area contributed by atoms with Crippen molar-refractivity contribution in [1.82, 2.24) is 10.2 Å². The van der Waals surface area contributed by atoms with Gasteiger partial charge >= 0.3 is 5.97 Å². The van der Waals surface area contributed by atoms with Crippen molar-refractivity contribution in [3.8, 4) is 5.75 Å². The average molecular weight is 331 g/mol. The number of aromatic amines is 1. The van der Waals surface area contributed by atoms with Gasteiger partial charge in [-0.25, -0.2) is 0 Å². The fourth-order valence-corrected chi connectivity index (χ4v) is 1.99. The summed E-state index contributed by atoms with van der Waals surface area (Å²) in [6.45, 7) is 4.37. The van der Waals surface area contributed by atoms with Crippen molar-refractivity contribution in [2.45, 2.75) is 32.6 Å². The van der Waals surface area contributed by atoms with Gasteiger partial charge < -0.3 is 15.2 Å². The van der Waals surface area contributed by atoms with E-state index in [2.05, 4.69) is 15.5 Å². The minimum absolute atomic E-state index is 0.0795. The Balaban J connectivity index is 1.86. The van der Waals surface area contributed by atoms with E-state index in [0.29, 0.717) is 30.2 Å². The normalized spacial score (nSPS) is 10.6. The summed E-state index contributed by atoms with van der Waals surface area (Å²) in [4.78, 5) is 22.5. The molecule has 0 saturated carbocycles. The number of aliphatic carboxylic acids is 1. The van der Waals surface area contributed by atoms with Gasteiger partial charge in [-0.05, 0) is 42.7 Å². The Bertz CT molecular complexity index is 692. The lowest BCUT2D eigenvalue weighted by molar-refractivity contribution is -0.137. The fourth-order valence-electron chi connectivity index (χ4n) is 1.99. The van der Waals surface area contributed by atoms with Gasteiger partial charge in [0.1, 0.15) is 5.75 Å². The molecule has 24 heavy (non-hydrogen) atoms. The molecule has 0 fully saturated rings. The van der Waals surface area contributed by atoms with Crippen molar-refractivity contribution < 1.29 is 19.4 Å². The lowest BCUT2D eigenvalue weighted by atomic mass is 10.1. The maximum atomic E-state index is 12.1. The maximum Gasteiger partial charge on any atom is 0.303 e. The smallest absolute Gasteiger partial charge is 0.303 e. The molecular weight excluding hydrogens is 310 g/mol. The molecule has 1 aromatic heterocycles. The summed E-state index contributed by atoms with van der Waals surface area (Å²) in [6.07, 6.45) is 0.529. The summed E-state index contributed by atoms with van der Waals surface area (Å²) in [5.41, 5.74) is 1.88. The largest absolute Gasteiger partial charge is 0.494 e. The zero-order chi connectivity index (χ0) is 17.5. The number of hydrogen-bond acceptors (Lipinski definition) is 4. The van der Waals surface area contributed by atoms with E-state index in [9.17, 15) is 9.59 Å². The van der Waals surface area contributed by atoms with E-state index in [1.807, 2.05) is 13.8 Å². The predicted molar refractivity (Wildman–Crippen MR) is 89.4 cm³/mol. The van der Waals surface area contributed by atoms with Gasteiger partial charge in [-0.1, -0.05) is 13.8 Å². The number of H-pyrrole nitrogens is 1. The fraction of sp³-hybridized carbons (Fsp3) is 0.353. The van der Waals surface area contributed by atoms with E-state index < -0.39 is 5.97 Å². The molecule has 2 rings (SSSR count). The van der Waals surface area contributed by atoms with Crippen LogP contribution in [0.4, 0.5) is 5.69 Å². The third kappa shape index (κ3) is 5.12. The van der Waals surface area contributed by atoms with Crippen LogP contribution in [0.3, 0.4) is 0 Å². The van der Waals surface area contributed by atoms with E-state index >= 15 is 0 Å². The number of nitrogens with one attached hydrogen (secondary N) is 2. The molecule has 0 aliphatic rings. The number of ether oxygens (including phenoxy) is 1. The van der Waals surface area contributed by atoms with Crippen LogP contribution in [0, 0.1) is 0 Å². The minimum atomic E-state index is -0.837. The predicted octanol–water partition coefficient (Wildman–Crippen LogP) is 3.03. The van der Waals surface area contributed by atoms with E-state index in [4.69, 9.17) is 9.84 Å². The number of benzene rings is 1. The van der Waals surface area contributed by atoms with Crippen LogP contribution in [0.15, 0.2) is 30.3 Å². The van der Waals surface area contributed by atoms with Gasteiger partial charge in [-0.2, -0.15) is 5.10 Å². The second kappa shape index (κ2) is 8.14. The van der Waals surface area contributed by atoms with Gasteiger partial charge in [0.25, 0.3) is 5.91 Å². The molecule has 128 valence electrons. The summed E-state index contributed by atoms with van der Waals surface area (Å²) < 4.78 is 5.44. The number of carbonyl (C=O) groups excluding carboxylic acids is 1. The molecule has 0 bridgehead atoms. The van der Waals surface area contributed by atoms with E-state index in [1.54, 1.807) is 30.3 Å². The number of carboxylic acid groups (broad SMARTS) is 1. The Labute approximate surface area is 140 Å². The van der Waals surface area contributed by atoms with E-state index in [0.717, 1.165) is 5.69 Å². The molecule has 0 radical (unpaired) electrons. The van der Waals surface area contributed by atoms with Gasteiger partial charge in [0.15, 0.2) is 5.69 Å². The van der Waals surface area contributed by atoms with Gasteiger partial charge in [0, 0.05) is 17.8 Å². The highest BCUT2D eigenvalue weighted by Crippen LogP contribution is 2.17. The van der Waals surface area contributed by atoms with Crippen molar-refractivity contribution in [2.75, 3.05) is 11.9 Å². The van der Waals surface area contributed by atoms with Crippen LogP contribution in [0.5, 0.6) is 5.75 Å². The number of amides is 1. The van der Waals surface area contributed by atoms with Crippen LogP contribution in [-0.4, -0.2) is 33.8 Å². The van der Waals surface area contributed by atoms with E-state index in [-0.39, 0.29) is 18.2 Å². The van der Waals surface area contributed by atoms with Crippen molar-refractivity contribution >= 4 is 17.6 Å². The Morgan fingerprint density at radius 1 is 1.29 bits per heavy atom. The third-order valence-corrected chi connectivity index (χ3v) is 3.37. The molecule has 0 saturated heterocycles. The Kier molecular flexibility index (Phi) is 5.95. The van der Waals surface area contributed by atoms with Crippen LogP contribution >= 0.6 is 0 Å². The molecule has 2 aromatic rings. The first-order valence-corrected chi connectivity index (χ1v) is 7.77. The zero-order valence-electron chi connectivity index (χ0n) is 13.7. The molecule has 1 aromatic carbocycles. The molecule has 1 amide bonds. The highest BCUT2D eigenvalue weighted by atomic mass is 16.5. The van der Waals surface area contributed by atoms with Gasteiger partial charge in [-0.15, -0.1) is 0 Å². The number of carbonyl (C=O) groups is 2. The van der Waals surface area contributed by atoms with Crippen LogP contribution < -0.4 is 10.1 Å². The minimum Gasteiger partial charge on any atom is -0.494 e. The SMILES string of the molecule is CC(C)c1cc(C(=O)Nc2ccc(OCCCC(=O)O)cc2)n[nH]1. The summed E-state index contributed by atoms with van der Waals surface area (Å²) in [7, 11) is 0. The highest BCUT2D eigenvalue weighted by Gasteiger charge is 2.12. The van der Waals surface area contributed by atoms with Gasteiger partial charge in [0.2, 0.25) is 0 Å². The molecule has 7 nitrogen and oxygen atoms in total. The van der Waals surface area contributed by atoms with Crippen molar-refractivity contribution in [1.29, 1.82) is 0 Å². The summed E-state index contributed by atoms with van der Waals surface area (Å²) in [5, 5.41) is 18.2. The van der Waals surface area contributed by atoms with Crippen molar-refractivity contribution in [3.63, 3.8) is 0 Å². The first-order valence-electron chi connectivity index (χ1n) is 7.77. The monoisotopic (exact) mass is 331 g/mol. The molecule has 0 spiro atoms. The average Bonchev–Trinajstić information content (AvgIpc) is 3.03. The van der Waals surface area contributed by atoms with Gasteiger partial charge in [-0.3, -0.25) is 14.7 Å². The maximum absolute atomic E-state index is 12.1. The number of rotatable bonds is 8. The third-order valence-electron chi connectivity index (χ3n) is 3.37. The van der Waals surface area contributed by atoms with Crippen molar-refractivity contribution in [2.24, 2.45) is 0 Å². The second-order valence-electron chi connectivity index (χ2n) is 5.69. The van der Waals surface area contributed by atoms with Gasteiger partial charge in [0.05, 0.1) is 6.61 Å². The Morgan fingerprint density at radius 3 is 2.58 bits per heavy atom. The first kappa shape index (κ1) is 17.5. The number of hydrogen-bond donors (Lipinski definition) is 3. The molecule has 1 heterocycles. The Hall–Kier alpha value is -2.83. The molecular formula is C17H21N3O4. The van der Waals surface area contributed by atoms with Crippen molar-refractivity contribution in [3.05, 3.63) is 41.7 Å². The zero-order valence-corrected chi connectivity index (χ0v) is 13.7. The lowest BCUT2D eigenvalue weighted by Gasteiger charge is -2.07. The summed E-state index contributed by atoms with van der Waals surface area (Å²) >= 11 is 0. The molecule has 0 aliphatic carbocycles. The summed E-state index contributed by atoms with van der Waals surface area (Å²) in [6, 6.07) is 8.63. The van der Waals surface area contributed by atoms with Crippen LogP contribution in [0.2, 0.25) is 0 Å². The second-order valence-corrected chi connectivity index (χ2v) is 5.69. The molecule has 7 heteroatoms. The highest BCUT2D eigenvalue weighted by molar-refractivity contribution is 6.02. The van der Waals surface area contributed by atoms with E-state index in [1.165, 1.54) is 0 Å². The van der Waals surface area contributed by atoms with Crippen LogP contribution in [-0.2, 0) is 4.79 Å².